The van der Waals surface area contributed by atoms with Crippen LogP contribution in [0.5, 0.6) is 0 Å². The summed E-state index contributed by atoms with van der Waals surface area (Å²) in [7, 11) is 0. The first-order valence-corrected chi connectivity index (χ1v) is 7.34. The van der Waals surface area contributed by atoms with Crippen LogP contribution >= 0.6 is 0 Å². The number of carbonyl (C=O) groups excluding carboxylic acids is 1. The van der Waals surface area contributed by atoms with Gasteiger partial charge in [-0.05, 0) is 49.0 Å². The largest absolute Gasteiger partial charge is 0.361 e. The predicted molar refractivity (Wildman–Crippen MR) is 80.9 cm³/mol. The summed E-state index contributed by atoms with van der Waals surface area (Å²) in [4.78, 5) is 17.8. The van der Waals surface area contributed by atoms with Gasteiger partial charge < -0.3 is 15.2 Å². The van der Waals surface area contributed by atoms with Crippen molar-refractivity contribution in [2.45, 2.75) is 13.3 Å². The Balaban J connectivity index is 1.59. The third-order valence-corrected chi connectivity index (χ3v) is 4.19. The van der Waals surface area contributed by atoms with E-state index in [1.165, 1.54) is 6.42 Å². The summed E-state index contributed by atoms with van der Waals surface area (Å²) < 4.78 is 0. The first kappa shape index (κ1) is 13.2. The molecule has 1 aliphatic rings. The van der Waals surface area contributed by atoms with E-state index in [1.807, 2.05) is 30.5 Å². The van der Waals surface area contributed by atoms with Crippen LogP contribution < -0.4 is 5.32 Å². The van der Waals surface area contributed by atoms with E-state index in [2.05, 4.69) is 22.1 Å². The molecule has 1 fully saturated rings. The van der Waals surface area contributed by atoms with Crippen LogP contribution in [0.2, 0.25) is 0 Å². The number of nitrogens with zero attached hydrogens (tertiary/aromatic N) is 1. The van der Waals surface area contributed by atoms with Gasteiger partial charge in [-0.1, -0.05) is 13.0 Å². The van der Waals surface area contributed by atoms with Crippen LogP contribution in [-0.4, -0.2) is 42.0 Å². The number of nitrogens with one attached hydrogen (secondary N) is 2. The Morgan fingerprint density at radius 3 is 3.15 bits per heavy atom. The summed E-state index contributed by atoms with van der Waals surface area (Å²) in [6, 6.07) is 7.79. The van der Waals surface area contributed by atoms with Gasteiger partial charge in [-0.15, -0.1) is 0 Å². The summed E-state index contributed by atoms with van der Waals surface area (Å²) in [5.74, 6) is 0.615. The maximum atomic E-state index is 12.2. The molecular formula is C16H21N3O. The van der Waals surface area contributed by atoms with Crippen molar-refractivity contribution in [2.24, 2.45) is 5.92 Å². The molecule has 1 aromatic carbocycles. The molecule has 1 aliphatic heterocycles. The van der Waals surface area contributed by atoms with Crippen molar-refractivity contribution in [3.63, 3.8) is 0 Å². The number of hydrogen-bond acceptors (Lipinski definition) is 2. The molecule has 2 heterocycles. The monoisotopic (exact) mass is 271 g/mol. The van der Waals surface area contributed by atoms with Crippen molar-refractivity contribution < 1.29 is 4.79 Å². The van der Waals surface area contributed by atoms with Gasteiger partial charge in [0.15, 0.2) is 0 Å². The second kappa shape index (κ2) is 5.67. The number of rotatable bonds is 4. The van der Waals surface area contributed by atoms with Gasteiger partial charge in [0.05, 0.1) is 0 Å². The molecule has 0 spiro atoms. The highest BCUT2D eigenvalue weighted by molar-refractivity contribution is 5.97. The summed E-state index contributed by atoms with van der Waals surface area (Å²) in [6.07, 6.45) is 3.08. The van der Waals surface area contributed by atoms with E-state index in [4.69, 9.17) is 0 Å². The number of fused-ring (bicyclic) bond motifs is 1. The van der Waals surface area contributed by atoms with E-state index >= 15 is 0 Å². The summed E-state index contributed by atoms with van der Waals surface area (Å²) in [5.41, 5.74) is 1.74. The van der Waals surface area contributed by atoms with Gasteiger partial charge in [-0.25, -0.2) is 0 Å². The third-order valence-electron chi connectivity index (χ3n) is 4.19. The highest BCUT2D eigenvalue weighted by Gasteiger charge is 2.21. The van der Waals surface area contributed by atoms with E-state index in [0.717, 1.165) is 42.6 Å². The zero-order valence-electron chi connectivity index (χ0n) is 11.9. The molecule has 1 atom stereocenters. The van der Waals surface area contributed by atoms with Crippen LogP contribution in [0, 0.1) is 5.92 Å². The van der Waals surface area contributed by atoms with Crippen molar-refractivity contribution >= 4 is 16.8 Å². The fourth-order valence-corrected chi connectivity index (χ4v) is 2.89. The molecule has 4 heteroatoms. The molecule has 2 aromatic rings. The van der Waals surface area contributed by atoms with Crippen molar-refractivity contribution in [3.8, 4) is 0 Å². The standard InChI is InChI=1S/C16H21N3O/c1-2-19-8-6-12(11-19)10-18-16(20)14-4-3-13-5-7-17-15(13)9-14/h3-5,7,9,12,17H,2,6,8,10-11H2,1H3,(H,18,20). The van der Waals surface area contributed by atoms with Crippen molar-refractivity contribution in [1.29, 1.82) is 0 Å². The van der Waals surface area contributed by atoms with Crippen LogP contribution in [0.4, 0.5) is 0 Å². The smallest absolute Gasteiger partial charge is 0.251 e. The molecule has 0 aliphatic carbocycles. The van der Waals surface area contributed by atoms with Gasteiger partial charge in [0.1, 0.15) is 0 Å². The van der Waals surface area contributed by atoms with Gasteiger partial charge in [-0.3, -0.25) is 4.79 Å². The molecule has 0 bridgehead atoms. The number of carbonyl (C=O) groups is 1. The van der Waals surface area contributed by atoms with Crippen LogP contribution in [0.25, 0.3) is 10.9 Å². The predicted octanol–water partition coefficient (Wildman–Crippen LogP) is 2.24. The number of H-pyrrole nitrogens is 1. The lowest BCUT2D eigenvalue weighted by Crippen LogP contribution is -2.31. The Bertz CT molecular complexity index is 605. The van der Waals surface area contributed by atoms with Gasteiger partial charge in [-0.2, -0.15) is 0 Å². The highest BCUT2D eigenvalue weighted by atomic mass is 16.1. The maximum absolute atomic E-state index is 12.2. The molecule has 0 radical (unpaired) electrons. The Morgan fingerprint density at radius 2 is 2.35 bits per heavy atom. The zero-order chi connectivity index (χ0) is 13.9. The third kappa shape index (κ3) is 2.70. The molecule has 1 amide bonds. The minimum atomic E-state index is 0.0245. The normalized spacial score (nSPS) is 19.6. The van der Waals surface area contributed by atoms with Gasteiger partial charge in [0, 0.05) is 30.4 Å². The number of likely N-dealkylation sites (tertiary alicyclic amines) is 1. The second-order valence-corrected chi connectivity index (χ2v) is 5.54. The summed E-state index contributed by atoms with van der Waals surface area (Å²) in [5, 5.41) is 4.20. The molecule has 106 valence electrons. The molecular weight excluding hydrogens is 250 g/mol. The average molecular weight is 271 g/mol. The van der Waals surface area contributed by atoms with Gasteiger partial charge in [0.25, 0.3) is 5.91 Å². The Morgan fingerprint density at radius 1 is 1.45 bits per heavy atom. The van der Waals surface area contributed by atoms with Crippen LogP contribution in [0.1, 0.15) is 23.7 Å². The molecule has 20 heavy (non-hydrogen) atoms. The van der Waals surface area contributed by atoms with Gasteiger partial charge in [0.2, 0.25) is 0 Å². The number of hydrogen-bond donors (Lipinski definition) is 2. The van der Waals surface area contributed by atoms with E-state index in [-0.39, 0.29) is 5.91 Å². The van der Waals surface area contributed by atoms with E-state index in [9.17, 15) is 4.79 Å². The number of aromatic amines is 1. The molecule has 1 unspecified atom stereocenters. The Labute approximate surface area is 119 Å². The first-order chi connectivity index (χ1) is 9.76. The second-order valence-electron chi connectivity index (χ2n) is 5.54. The molecule has 0 saturated carbocycles. The minimum Gasteiger partial charge on any atom is -0.361 e. The highest BCUT2D eigenvalue weighted by Crippen LogP contribution is 2.16. The fraction of sp³-hybridized carbons (Fsp3) is 0.438. The zero-order valence-corrected chi connectivity index (χ0v) is 11.9. The maximum Gasteiger partial charge on any atom is 0.251 e. The van der Waals surface area contributed by atoms with Crippen LogP contribution in [-0.2, 0) is 0 Å². The average Bonchev–Trinajstić information content (AvgIpc) is 3.12. The van der Waals surface area contributed by atoms with E-state index < -0.39 is 0 Å². The fourth-order valence-electron chi connectivity index (χ4n) is 2.89. The van der Waals surface area contributed by atoms with Crippen LogP contribution in [0.15, 0.2) is 30.5 Å². The number of aromatic nitrogens is 1. The van der Waals surface area contributed by atoms with Gasteiger partial charge >= 0.3 is 0 Å². The number of benzene rings is 1. The lowest BCUT2D eigenvalue weighted by Gasteiger charge is -2.13. The number of amides is 1. The SMILES string of the molecule is CCN1CCC(CNC(=O)c2ccc3cc[nH]c3c2)C1. The van der Waals surface area contributed by atoms with Crippen LogP contribution in [0.3, 0.4) is 0 Å². The quantitative estimate of drug-likeness (QED) is 0.896. The summed E-state index contributed by atoms with van der Waals surface area (Å²) in [6.45, 7) is 6.33. The van der Waals surface area contributed by atoms with Crippen molar-refractivity contribution in [2.75, 3.05) is 26.2 Å². The van der Waals surface area contributed by atoms with E-state index in [0.29, 0.717) is 5.92 Å². The Hall–Kier alpha value is -1.81. The first-order valence-electron chi connectivity index (χ1n) is 7.34. The lowest BCUT2D eigenvalue weighted by atomic mass is 10.1. The molecule has 4 nitrogen and oxygen atoms in total. The topological polar surface area (TPSA) is 48.1 Å². The van der Waals surface area contributed by atoms with Crippen molar-refractivity contribution in [1.82, 2.24) is 15.2 Å². The summed E-state index contributed by atoms with van der Waals surface area (Å²) >= 11 is 0. The van der Waals surface area contributed by atoms with E-state index in [1.54, 1.807) is 0 Å². The molecule has 3 rings (SSSR count). The lowest BCUT2D eigenvalue weighted by molar-refractivity contribution is 0.0947. The minimum absolute atomic E-state index is 0.0245. The van der Waals surface area contributed by atoms with Crippen molar-refractivity contribution in [3.05, 3.63) is 36.0 Å². The molecule has 1 saturated heterocycles. The molecule has 2 N–H and O–H groups in total. The Kier molecular flexibility index (Phi) is 3.74. The molecule has 1 aromatic heterocycles.